The predicted molar refractivity (Wildman–Crippen MR) is 112 cm³/mol. The predicted octanol–water partition coefficient (Wildman–Crippen LogP) is 4.19. The molecule has 0 amide bonds. The van der Waals surface area contributed by atoms with Crippen LogP contribution in [0.15, 0.2) is 64.3 Å². The Kier molecular flexibility index (Phi) is 5.26. The van der Waals surface area contributed by atoms with Crippen LogP contribution in [0.4, 0.5) is 5.69 Å². The summed E-state index contributed by atoms with van der Waals surface area (Å²) in [7, 11) is 1.30. The lowest BCUT2D eigenvalue weighted by Crippen LogP contribution is -2.35. The number of esters is 1. The Morgan fingerprint density at radius 3 is 2.57 bits per heavy atom. The van der Waals surface area contributed by atoms with Crippen molar-refractivity contribution in [3.05, 3.63) is 84.9 Å². The van der Waals surface area contributed by atoms with Gasteiger partial charge in [0.15, 0.2) is 5.78 Å². The molecule has 1 aliphatic heterocycles. The van der Waals surface area contributed by atoms with Crippen molar-refractivity contribution in [2.24, 2.45) is 0 Å². The first-order valence-electron chi connectivity index (χ1n) is 9.50. The van der Waals surface area contributed by atoms with E-state index in [1.54, 1.807) is 30.4 Å². The maximum Gasteiger partial charge on any atom is 0.336 e. The second-order valence-electron chi connectivity index (χ2n) is 7.37. The Labute approximate surface area is 177 Å². The topological polar surface area (TPSA) is 98.5 Å². The summed E-state index contributed by atoms with van der Waals surface area (Å²) in [6.07, 6.45) is 1.02. The van der Waals surface area contributed by atoms with E-state index in [1.807, 2.05) is 17.5 Å². The molecule has 30 heavy (non-hydrogen) atoms. The normalized spacial score (nSPS) is 21.2. The van der Waals surface area contributed by atoms with Crippen molar-refractivity contribution in [2.45, 2.75) is 31.6 Å². The van der Waals surface area contributed by atoms with Gasteiger partial charge in [0.05, 0.1) is 17.6 Å². The lowest BCUT2D eigenvalue weighted by Gasteiger charge is -2.36. The molecule has 154 valence electrons. The summed E-state index contributed by atoms with van der Waals surface area (Å²) in [5, 5.41) is 16.3. The van der Waals surface area contributed by atoms with Gasteiger partial charge in [0.2, 0.25) is 0 Å². The number of carbonyl (C=O) groups excluding carboxylic acids is 2. The molecule has 0 saturated carbocycles. The van der Waals surface area contributed by atoms with E-state index in [0.717, 1.165) is 10.6 Å². The number of nitro groups is 1. The van der Waals surface area contributed by atoms with Crippen molar-refractivity contribution in [1.82, 2.24) is 5.32 Å². The van der Waals surface area contributed by atoms with Crippen LogP contribution in [0.1, 0.15) is 42.0 Å². The molecular formula is C22H20N2O5S. The summed E-state index contributed by atoms with van der Waals surface area (Å²) >= 11 is 1.63. The van der Waals surface area contributed by atoms with Crippen LogP contribution in [0.2, 0.25) is 0 Å². The highest BCUT2D eigenvalue weighted by molar-refractivity contribution is 7.10. The second-order valence-corrected chi connectivity index (χ2v) is 8.35. The molecule has 0 unspecified atom stereocenters. The van der Waals surface area contributed by atoms with Crippen LogP contribution in [0.25, 0.3) is 0 Å². The molecule has 1 N–H and O–H groups in total. The highest BCUT2D eigenvalue weighted by atomic mass is 32.1. The molecule has 0 saturated heterocycles. The van der Waals surface area contributed by atoms with Crippen LogP contribution in [0, 0.1) is 10.1 Å². The number of methoxy groups -OCH3 is 1. The lowest BCUT2D eigenvalue weighted by atomic mass is 9.72. The molecule has 0 radical (unpaired) electrons. The van der Waals surface area contributed by atoms with Crippen LogP contribution >= 0.6 is 11.3 Å². The molecule has 1 aromatic carbocycles. The number of ketones is 1. The molecule has 7 nitrogen and oxygen atoms in total. The highest BCUT2D eigenvalue weighted by Crippen LogP contribution is 2.46. The van der Waals surface area contributed by atoms with Crippen LogP contribution in [0.3, 0.4) is 0 Å². The van der Waals surface area contributed by atoms with Gasteiger partial charge in [-0.15, -0.1) is 11.3 Å². The molecule has 2 heterocycles. The first kappa shape index (κ1) is 20.0. The average Bonchev–Trinajstić information content (AvgIpc) is 3.27. The second kappa shape index (κ2) is 7.87. The summed E-state index contributed by atoms with van der Waals surface area (Å²) in [6.45, 7) is 1.79. The summed E-state index contributed by atoms with van der Waals surface area (Å²) < 4.78 is 4.99. The summed E-state index contributed by atoms with van der Waals surface area (Å²) in [5.41, 5.74) is 2.93. The van der Waals surface area contributed by atoms with Crippen LogP contribution < -0.4 is 5.32 Å². The first-order valence-corrected chi connectivity index (χ1v) is 10.4. The number of allylic oxidation sites excluding steroid dienone is 3. The third kappa shape index (κ3) is 3.43. The van der Waals surface area contributed by atoms with Crippen LogP contribution in [0.5, 0.6) is 0 Å². The zero-order chi connectivity index (χ0) is 21.4. The van der Waals surface area contributed by atoms with E-state index < -0.39 is 16.8 Å². The van der Waals surface area contributed by atoms with E-state index in [2.05, 4.69) is 5.32 Å². The molecule has 1 aliphatic carbocycles. The van der Waals surface area contributed by atoms with Gasteiger partial charge in [0.25, 0.3) is 5.69 Å². The number of hydrogen-bond donors (Lipinski definition) is 1. The van der Waals surface area contributed by atoms with E-state index in [-0.39, 0.29) is 17.4 Å². The van der Waals surface area contributed by atoms with Gasteiger partial charge in [-0.05, 0) is 30.4 Å². The van der Waals surface area contributed by atoms with Crippen molar-refractivity contribution in [3.63, 3.8) is 0 Å². The number of nitro benzene ring substituents is 1. The van der Waals surface area contributed by atoms with Gasteiger partial charge < -0.3 is 10.1 Å². The number of dihydropyridines is 1. The Bertz CT molecular complexity index is 1080. The highest BCUT2D eigenvalue weighted by Gasteiger charge is 2.41. The van der Waals surface area contributed by atoms with E-state index in [4.69, 9.17) is 4.74 Å². The maximum atomic E-state index is 13.3. The molecule has 0 fully saturated rings. The average molecular weight is 424 g/mol. The number of non-ortho nitro benzene ring substituents is 1. The number of nitrogens with one attached hydrogen (secondary N) is 1. The minimum atomic E-state index is -0.619. The van der Waals surface area contributed by atoms with E-state index >= 15 is 0 Å². The Balaban J connectivity index is 1.81. The molecule has 0 spiro atoms. The van der Waals surface area contributed by atoms with E-state index in [9.17, 15) is 19.7 Å². The van der Waals surface area contributed by atoms with Gasteiger partial charge in [-0.2, -0.15) is 0 Å². The fourth-order valence-corrected chi connectivity index (χ4v) is 5.10. The van der Waals surface area contributed by atoms with E-state index in [1.165, 1.54) is 19.2 Å². The number of rotatable bonds is 4. The summed E-state index contributed by atoms with van der Waals surface area (Å²) in [6, 6.07) is 10.0. The van der Waals surface area contributed by atoms with Gasteiger partial charge >= 0.3 is 5.97 Å². The summed E-state index contributed by atoms with van der Waals surface area (Å²) in [4.78, 5) is 37.6. The Hall–Kier alpha value is -3.26. The Morgan fingerprint density at radius 1 is 1.23 bits per heavy atom. The monoisotopic (exact) mass is 424 g/mol. The number of hydrogen-bond acceptors (Lipinski definition) is 7. The lowest BCUT2D eigenvalue weighted by molar-refractivity contribution is -0.384. The molecule has 4 rings (SSSR count). The summed E-state index contributed by atoms with van der Waals surface area (Å²) in [5.74, 6) is -1.08. The third-order valence-electron chi connectivity index (χ3n) is 5.62. The van der Waals surface area contributed by atoms with Gasteiger partial charge in [-0.1, -0.05) is 18.2 Å². The molecule has 0 bridgehead atoms. The number of ether oxygens (including phenoxy) is 1. The van der Waals surface area contributed by atoms with Gasteiger partial charge in [0.1, 0.15) is 0 Å². The van der Waals surface area contributed by atoms with Gasteiger partial charge in [-0.25, -0.2) is 4.79 Å². The van der Waals surface area contributed by atoms with Crippen molar-refractivity contribution in [2.75, 3.05) is 7.11 Å². The van der Waals surface area contributed by atoms with Crippen LogP contribution in [-0.4, -0.2) is 23.8 Å². The fourth-order valence-electron chi connectivity index (χ4n) is 4.27. The number of carbonyl (C=O) groups is 2. The largest absolute Gasteiger partial charge is 0.466 e. The number of thiophene rings is 1. The quantitative estimate of drug-likeness (QED) is 0.449. The number of nitrogens with zero attached hydrogens (tertiary/aromatic N) is 1. The van der Waals surface area contributed by atoms with Crippen molar-refractivity contribution < 1.29 is 19.2 Å². The zero-order valence-electron chi connectivity index (χ0n) is 16.5. The number of Topliss-reactive ketones (excluding diaryl/α,β-unsaturated/α-hetero) is 1. The standard InChI is InChI=1S/C22H20N2O5S/c1-12-19(22(26)29-2)20(13-5-7-15(8-6-13)24(27)28)21-16(23-12)10-14(11-17(21)25)18-4-3-9-30-18/h3-9,14,20,23H,10-11H2,1-2H3/t14-,20-/m0/s1. The third-order valence-corrected chi connectivity index (χ3v) is 6.65. The molecule has 8 heteroatoms. The molecule has 2 atom stereocenters. The SMILES string of the molecule is COC(=O)C1=C(C)NC2=C(C(=O)C[C@@H](c3cccs3)C2)[C@H]1c1ccc([N+](=O)[O-])cc1. The molecule has 2 aromatic rings. The van der Waals surface area contributed by atoms with Gasteiger partial charge in [0, 0.05) is 52.2 Å². The Morgan fingerprint density at radius 2 is 1.97 bits per heavy atom. The smallest absolute Gasteiger partial charge is 0.336 e. The number of benzene rings is 1. The maximum absolute atomic E-state index is 13.3. The minimum absolute atomic E-state index is 0.0283. The van der Waals surface area contributed by atoms with E-state index in [0.29, 0.717) is 35.2 Å². The fraction of sp³-hybridized carbons (Fsp3) is 0.273. The molecule has 1 aromatic heterocycles. The first-order chi connectivity index (χ1) is 14.4. The zero-order valence-corrected chi connectivity index (χ0v) is 17.3. The van der Waals surface area contributed by atoms with Crippen molar-refractivity contribution >= 4 is 28.8 Å². The molecule has 2 aliphatic rings. The van der Waals surface area contributed by atoms with Crippen molar-refractivity contribution in [3.8, 4) is 0 Å². The molecular weight excluding hydrogens is 404 g/mol. The van der Waals surface area contributed by atoms with Crippen molar-refractivity contribution in [1.29, 1.82) is 0 Å². The minimum Gasteiger partial charge on any atom is -0.466 e. The van der Waals surface area contributed by atoms with Crippen LogP contribution in [-0.2, 0) is 14.3 Å². The van der Waals surface area contributed by atoms with Gasteiger partial charge in [-0.3, -0.25) is 14.9 Å².